The number of nitrogens with zero attached hydrogens (tertiary/aromatic N) is 1. The van der Waals surface area contributed by atoms with Gasteiger partial charge in [0.15, 0.2) is 5.78 Å². The molecule has 1 heterocycles. The average molecular weight is 181 g/mol. The van der Waals surface area contributed by atoms with Crippen molar-refractivity contribution in [1.29, 1.82) is 0 Å². The standard InChI is InChI=1S/C9H11NOS/c1-7(2)3-4-8(11)9-5-10-6-12-9/h3-7H,1-2H3/b4-3+. The predicted octanol–water partition coefficient (Wildman–Crippen LogP) is 2.54. The first kappa shape index (κ1) is 9.13. The lowest BCUT2D eigenvalue weighted by atomic mass is 10.2. The molecule has 0 unspecified atom stereocenters. The van der Waals surface area contributed by atoms with Gasteiger partial charge >= 0.3 is 0 Å². The van der Waals surface area contributed by atoms with Gasteiger partial charge in [-0.05, 0) is 12.0 Å². The Kier molecular flexibility index (Phi) is 3.17. The Hall–Kier alpha value is -0.960. The van der Waals surface area contributed by atoms with E-state index >= 15 is 0 Å². The van der Waals surface area contributed by atoms with Crippen molar-refractivity contribution in [2.45, 2.75) is 13.8 Å². The number of hydrogen-bond acceptors (Lipinski definition) is 3. The van der Waals surface area contributed by atoms with E-state index in [2.05, 4.69) is 4.98 Å². The normalized spacial score (nSPS) is 11.2. The van der Waals surface area contributed by atoms with E-state index in [0.717, 1.165) is 0 Å². The molecule has 3 heteroatoms. The zero-order chi connectivity index (χ0) is 8.97. The second-order valence-corrected chi connectivity index (χ2v) is 3.72. The van der Waals surface area contributed by atoms with Gasteiger partial charge in [0.25, 0.3) is 0 Å². The molecule has 0 amide bonds. The summed E-state index contributed by atoms with van der Waals surface area (Å²) in [6.45, 7) is 4.08. The lowest BCUT2D eigenvalue weighted by molar-refractivity contribution is 0.104. The van der Waals surface area contributed by atoms with Gasteiger partial charge in [-0.1, -0.05) is 19.9 Å². The monoisotopic (exact) mass is 181 g/mol. The largest absolute Gasteiger partial charge is 0.288 e. The molecule has 0 aliphatic carbocycles. The molecule has 0 atom stereocenters. The van der Waals surface area contributed by atoms with Crippen molar-refractivity contribution < 1.29 is 4.79 Å². The van der Waals surface area contributed by atoms with E-state index in [1.807, 2.05) is 19.9 Å². The van der Waals surface area contributed by atoms with E-state index in [1.54, 1.807) is 17.8 Å². The van der Waals surface area contributed by atoms with Crippen LogP contribution in [0.5, 0.6) is 0 Å². The molecular weight excluding hydrogens is 170 g/mol. The highest BCUT2D eigenvalue weighted by atomic mass is 32.1. The molecule has 0 saturated carbocycles. The highest BCUT2D eigenvalue weighted by Gasteiger charge is 2.01. The fourth-order valence-corrected chi connectivity index (χ4v) is 1.24. The van der Waals surface area contributed by atoms with Gasteiger partial charge in [0.05, 0.1) is 10.4 Å². The zero-order valence-corrected chi connectivity index (χ0v) is 7.97. The van der Waals surface area contributed by atoms with Crippen molar-refractivity contribution in [2.75, 3.05) is 0 Å². The second-order valence-electron chi connectivity index (χ2n) is 2.83. The number of thiazole rings is 1. The number of ketones is 1. The Morgan fingerprint density at radius 3 is 2.92 bits per heavy atom. The molecule has 2 nitrogen and oxygen atoms in total. The zero-order valence-electron chi connectivity index (χ0n) is 7.15. The molecule has 0 aromatic carbocycles. The summed E-state index contributed by atoms with van der Waals surface area (Å²) >= 11 is 1.37. The number of hydrogen-bond donors (Lipinski definition) is 0. The molecule has 0 aliphatic rings. The Morgan fingerprint density at radius 2 is 2.42 bits per heavy atom. The van der Waals surface area contributed by atoms with Gasteiger partial charge in [-0.2, -0.15) is 0 Å². The predicted molar refractivity (Wildman–Crippen MR) is 50.4 cm³/mol. The Bertz CT molecular complexity index is 275. The van der Waals surface area contributed by atoms with Gasteiger partial charge in [-0.15, -0.1) is 11.3 Å². The van der Waals surface area contributed by atoms with Crippen molar-refractivity contribution in [2.24, 2.45) is 5.92 Å². The van der Waals surface area contributed by atoms with Crippen molar-refractivity contribution >= 4 is 17.1 Å². The molecule has 64 valence electrons. The van der Waals surface area contributed by atoms with Crippen LogP contribution in [-0.2, 0) is 0 Å². The molecule has 1 aromatic heterocycles. The topological polar surface area (TPSA) is 30.0 Å². The SMILES string of the molecule is CC(C)/C=C/C(=O)c1cncs1. The summed E-state index contributed by atoms with van der Waals surface area (Å²) in [6, 6.07) is 0. The quantitative estimate of drug-likeness (QED) is 0.530. The van der Waals surface area contributed by atoms with E-state index in [0.29, 0.717) is 10.8 Å². The molecule has 0 bridgehead atoms. The lowest BCUT2D eigenvalue weighted by Gasteiger charge is -1.91. The summed E-state index contributed by atoms with van der Waals surface area (Å²) < 4.78 is 0. The molecule has 0 N–H and O–H groups in total. The fourth-order valence-electron chi connectivity index (χ4n) is 0.699. The molecule has 0 aliphatic heterocycles. The van der Waals surface area contributed by atoms with Crippen LogP contribution < -0.4 is 0 Å². The maximum Gasteiger partial charge on any atom is 0.197 e. The minimum absolute atomic E-state index is 0.0474. The van der Waals surface area contributed by atoms with Crippen LogP contribution in [0.25, 0.3) is 0 Å². The highest BCUT2D eigenvalue weighted by molar-refractivity contribution is 7.11. The van der Waals surface area contributed by atoms with Crippen molar-refractivity contribution in [3.8, 4) is 0 Å². The minimum atomic E-state index is 0.0474. The molecule has 0 spiro atoms. The van der Waals surface area contributed by atoms with Crippen LogP contribution in [0.4, 0.5) is 0 Å². The molecule has 1 rings (SSSR count). The van der Waals surface area contributed by atoms with E-state index in [9.17, 15) is 4.79 Å². The van der Waals surface area contributed by atoms with Gasteiger partial charge in [0, 0.05) is 6.20 Å². The number of aromatic nitrogens is 1. The maximum absolute atomic E-state index is 11.3. The number of rotatable bonds is 3. The number of allylic oxidation sites excluding steroid dienone is 2. The first-order valence-electron chi connectivity index (χ1n) is 3.81. The summed E-state index contributed by atoms with van der Waals surface area (Å²) in [4.78, 5) is 15.8. The van der Waals surface area contributed by atoms with Crippen LogP contribution in [0, 0.1) is 5.92 Å². The van der Waals surface area contributed by atoms with E-state index in [1.165, 1.54) is 11.3 Å². The molecule has 0 saturated heterocycles. The Balaban J connectivity index is 2.62. The minimum Gasteiger partial charge on any atom is -0.288 e. The van der Waals surface area contributed by atoms with Crippen LogP contribution in [0.3, 0.4) is 0 Å². The Morgan fingerprint density at radius 1 is 1.67 bits per heavy atom. The molecule has 12 heavy (non-hydrogen) atoms. The van der Waals surface area contributed by atoms with Crippen LogP contribution in [0.15, 0.2) is 23.9 Å². The van der Waals surface area contributed by atoms with E-state index < -0.39 is 0 Å². The third kappa shape index (κ3) is 2.58. The van der Waals surface area contributed by atoms with Gasteiger partial charge in [-0.25, -0.2) is 0 Å². The number of carbonyl (C=O) groups is 1. The first-order valence-corrected chi connectivity index (χ1v) is 4.69. The van der Waals surface area contributed by atoms with Gasteiger partial charge in [-0.3, -0.25) is 9.78 Å². The van der Waals surface area contributed by atoms with E-state index in [4.69, 9.17) is 0 Å². The summed E-state index contributed by atoms with van der Waals surface area (Å²) in [7, 11) is 0. The first-order chi connectivity index (χ1) is 5.70. The van der Waals surface area contributed by atoms with Crippen molar-refractivity contribution in [1.82, 2.24) is 4.98 Å². The van der Waals surface area contributed by atoms with Crippen LogP contribution in [0.1, 0.15) is 23.5 Å². The third-order valence-corrected chi connectivity index (χ3v) is 2.10. The lowest BCUT2D eigenvalue weighted by Crippen LogP contribution is -1.90. The molecule has 0 radical (unpaired) electrons. The molecule has 1 aromatic rings. The Labute approximate surface area is 76.0 Å². The summed E-state index contributed by atoms with van der Waals surface area (Å²) in [6.07, 6.45) is 5.10. The van der Waals surface area contributed by atoms with Crippen LogP contribution in [0.2, 0.25) is 0 Å². The van der Waals surface area contributed by atoms with Crippen molar-refractivity contribution in [3.05, 3.63) is 28.7 Å². The van der Waals surface area contributed by atoms with Gasteiger partial charge < -0.3 is 0 Å². The van der Waals surface area contributed by atoms with E-state index in [-0.39, 0.29) is 5.78 Å². The third-order valence-electron chi connectivity index (χ3n) is 1.31. The van der Waals surface area contributed by atoms with Crippen molar-refractivity contribution in [3.63, 3.8) is 0 Å². The highest BCUT2D eigenvalue weighted by Crippen LogP contribution is 2.07. The number of carbonyl (C=O) groups excluding carboxylic acids is 1. The summed E-state index contributed by atoms with van der Waals surface area (Å²) in [5.74, 6) is 0.466. The average Bonchev–Trinajstić information content (AvgIpc) is 2.51. The molecule has 0 fully saturated rings. The summed E-state index contributed by atoms with van der Waals surface area (Å²) in [5, 5.41) is 0. The van der Waals surface area contributed by atoms with Gasteiger partial charge in [0.1, 0.15) is 0 Å². The molecular formula is C9H11NOS. The fraction of sp³-hybridized carbons (Fsp3) is 0.333. The summed E-state index contributed by atoms with van der Waals surface area (Å²) in [5.41, 5.74) is 1.66. The van der Waals surface area contributed by atoms with Gasteiger partial charge in [0.2, 0.25) is 0 Å². The smallest absolute Gasteiger partial charge is 0.197 e. The van der Waals surface area contributed by atoms with Crippen LogP contribution >= 0.6 is 11.3 Å². The van der Waals surface area contributed by atoms with Crippen LogP contribution in [-0.4, -0.2) is 10.8 Å². The maximum atomic E-state index is 11.3. The second kappa shape index (κ2) is 4.16.